The van der Waals surface area contributed by atoms with E-state index in [1.165, 1.54) is 0 Å². The van der Waals surface area contributed by atoms with Gasteiger partial charge in [0.25, 0.3) is 0 Å². The van der Waals surface area contributed by atoms with Gasteiger partial charge in [0.2, 0.25) is 0 Å². The fourth-order valence-corrected chi connectivity index (χ4v) is 3.80. The lowest BCUT2D eigenvalue weighted by Gasteiger charge is -2.36. The number of nitrogens with one attached hydrogen (secondary N) is 1. The van der Waals surface area contributed by atoms with E-state index in [0.717, 1.165) is 50.5 Å². The number of carboxylic acids is 1. The number of hydrogen-bond donors (Lipinski definition) is 2. The minimum absolute atomic E-state index is 0.573. The predicted molar refractivity (Wildman–Crippen MR) is 61.4 cm³/mol. The topological polar surface area (TPSA) is 52.6 Å². The molecule has 0 bridgehead atoms. The molecule has 0 radical (unpaired) electrons. The molecule has 2 saturated heterocycles. The third-order valence-electron chi connectivity index (χ3n) is 3.34. The molecule has 0 amide bonds. The largest absolute Gasteiger partial charge is 0.480 e. The first-order valence-corrected chi connectivity index (χ1v) is 6.68. The molecular formula is C10H18N2O2S. The molecule has 0 saturated carbocycles. The molecule has 0 aromatic heterocycles. The van der Waals surface area contributed by atoms with Gasteiger partial charge >= 0.3 is 5.97 Å². The first kappa shape index (κ1) is 11.2. The van der Waals surface area contributed by atoms with E-state index in [0.29, 0.717) is 0 Å². The van der Waals surface area contributed by atoms with Crippen LogP contribution in [0.15, 0.2) is 0 Å². The van der Waals surface area contributed by atoms with Crippen LogP contribution in [0.1, 0.15) is 12.8 Å². The van der Waals surface area contributed by atoms with Crippen molar-refractivity contribution in [3.8, 4) is 0 Å². The summed E-state index contributed by atoms with van der Waals surface area (Å²) in [7, 11) is 0. The fourth-order valence-electron chi connectivity index (χ4n) is 2.38. The van der Waals surface area contributed by atoms with Crippen molar-refractivity contribution >= 4 is 17.7 Å². The lowest BCUT2D eigenvalue weighted by Crippen LogP contribution is -2.56. The number of carboxylic acid groups (broad SMARTS) is 1. The highest BCUT2D eigenvalue weighted by Gasteiger charge is 2.46. The number of hydrogen-bond acceptors (Lipinski definition) is 4. The summed E-state index contributed by atoms with van der Waals surface area (Å²) in [6.07, 6.45) is 1.85. The number of rotatable bonds is 2. The Balaban J connectivity index is 2.12. The van der Waals surface area contributed by atoms with Crippen molar-refractivity contribution in [2.75, 3.05) is 37.7 Å². The number of nitrogens with zero attached hydrogens (tertiary/aromatic N) is 1. The van der Waals surface area contributed by atoms with Crippen LogP contribution in [0.25, 0.3) is 0 Å². The van der Waals surface area contributed by atoms with Crippen molar-refractivity contribution in [2.45, 2.75) is 18.4 Å². The standard InChI is InChI=1S/C10H18N2O2S/c13-9(14)10(2-7-15-8-10)12-5-1-3-11-4-6-12/h11H,1-8H2,(H,13,14). The highest BCUT2D eigenvalue weighted by molar-refractivity contribution is 7.99. The van der Waals surface area contributed by atoms with Crippen LogP contribution in [0, 0.1) is 0 Å². The van der Waals surface area contributed by atoms with E-state index in [4.69, 9.17) is 0 Å². The molecule has 2 aliphatic rings. The Labute approximate surface area is 94.4 Å². The molecule has 0 aromatic carbocycles. The molecule has 2 aliphatic heterocycles. The van der Waals surface area contributed by atoms with Crippen LogP contribution in [0.5, 0.6) is 0 Å². The third-order valence-corrected chi connectivity index (χ3v) is 4.52. The number of thioether (sulfide) groups is 1. The molecule has 1 atom stereocenters. The van der Waals surface area contributed by atoms with Gasteiger partial charge in [-0.1, -0.05) is 0 Å². The average Bonchev–Trinajstić information content (AvgIpc) is 2.56. The molecule has 0 spiro atoms. The fraction of sp³-hybridized carbons (Fsp3) is 0.900. The van der Waals surface area contributed by atoms with Crippen molar-refractivity contribution in [1.29, 1.82) is 0 Å². The van der Waals surface area contributed by atoms with Crippen molar-refractivity contribution in [3.63, 3.8) is 0 Å². The molecule has 15 heavy (non-hydrogen) atoms. The summed E-state index contributed by atoms with van der Waals surface area (Å²) in [6.45, 7) is 3.71. The smallest absolute Gasteiger partial charge is 0.325 e. The Morgan fingerprint density at radius 2 is 2.27 bits per heavy atom. The molecule has 2 rings (SSSR count). The van der Waals surface area contributed by atoms with E-state index in [2.05, 4.69) is 10.2 Å². The van der Waals surface area contributed by atoms with Gasteiger partial charge in [-0.2, -0.15) is 11.8 Å². The summed E-state index contributed by atoms with van der Waals surface area (Å²) in [5.41, 5.74) is -0.573. The quantitative estimate of drug-likeness (QED) is 0.712. The maximum absolute atomic E-state index is 11.5. The molecule has 1 unspecified atom stereocenters. The first-order chi connectivity index (χ1) is 7.26. The van der Waals surface area contributed by atoms with Gasteiger partial charge in [-0.3, -0.25) is 9.69 Å². The van der Waals surface area contributed by atoms with Crippen molar-refractivity contribution < 1.29 is 9.90 Å². The van der Waals surface area contributed by atoms with Crippen molar-refractivity contribution in [1.82, 2.24) is 10.2 Å². The number of aliphatic carboxylic acids is 1. The number of carbonyl (C=O) groups is 1. The maximum atomic E-state index is 11.5. The summed E-state index contributed by atoms with van der Waals surface area (Å²) < 4.78 is 0. The van der Waals surface area contributed by atoms with E-state index in [1.54, 1.807) is 11.8 Å². The van der Waals surface area contributed by atoms with E-state index in [-0.39, 0.29) is 0 Å². The average molecular weight is 230 g/mol. The first-order valence-electron chi connectivity index (χ1n) is 5.53. The minimum Gasteiger partial charge on any atom is -0.480 e. The Morgan fingerprint density at radius 1 is 1.40 bits per heavy atom. The summed E-state index contributed by atoms with van der Waals surface area (Å²) in [5.74, 6) is 1.10. The summed E-state index contributed by atoms with van der Waals surface area (Å²) >= 11 is 1.77. The molecule has 86 valence electrons. The van der Waals surface area contributed by atoms with Gasteiger partial charge in [-0.25, -0.2) is 0 Å². The Kier molecular flexibility index (Phi) is 3.53. The second-order valence-electron chi connectivity index (χ2n) is 4.23. The highest BCUT2D eigenvalue weighted by atomic mass is 32.2. The molecule has 2 fully saturated rings. The van der Waals surface area contributed by atoms with Crippen LogP contribution >= 0.6 is 11.8 Å². The predicted octanol–water partition coefficient (Wildman–Crippen LogP) is 0.242. The second kappa shape index (κ2) is 4.72. The van der Waals surface area contributed by atoms with Crippen molar-refractivity contribution in [2.24, 2.45) is 0 Å². The van der Waals surface area contributed by atoms with Crippen LogP contribution in [-0.4, -0.2) is 59.2 Å². The Morgan fingerprint density at radius 3 is 2.93 bits per heavy atom. The zero-order valence-electron chi connectivity index (χ0n) is 8.87. The van der Waals surface area contributed by atoms with E-state index >= 15 is 0 Å². The Bertz CT molecular complexity index is 234. The Hall–Kier alpha value is -0.260. The SMILES string of the molecule is O=C(O)C1(N2CCCNCC2)CCSC1. The third kappa shape index (κ3) is 2.14. The van der Waals surface area contributed by atoms with Gasteiger partial charge < -0.3 is 10.4 Å². The zero-order valence-corrected chi connectivity index (χ0v) is 9.68. The lowest BCUT2D eigenvalue weighted by molar-refractivity contribution is -0.149. The van der Waals surface area contributed by atoms with Crippen LogP contribution in [0.3, 0.4) is 0 Å². The molecule has 2 N–H and O–H groups in total. The molecule has 0 aliphatic carbocycles. The monoisotopic (exact) mass is 230 g/mol. The molecule has 5 heteroatoms. The van der Waals surface area contributed by atoms with Crippen molar-refractivity contribution in [3.05, 3.63) is 0 Å². The summed E-state index contributed by atoms with van der Waals surface area (Å²) in [6, 6.07) is 0. The van der Waals surface area contributed by atoms with E-state index in [9.17, 15) is 9.90 Å². The van der Waals surface area contributed by atoms with Crippen LogP contribution < -0.4 is 5.32 Å². The normalized spacial score (nSPS) is 33.9. The highest BCUT2D eigenvalue weighted by Crippen LogP contribution is 2.34. The van der Waals surface area contributed by atoms with Gasteiger partial charge in [-0.15, -0.1) is 0 Å². The van der Waals surface area contributed by atoms with E-state index < -0.39 is 11.5 Å². The summed E-state index contributed by atoms with van der Waals surface area (Å²) in [4.78, 5) is 13.6. The second-order valence-corrected chi connectivity index (χ2v) is 5.34. The van der Waals surface area contributed by atoms with Gasteiger partial charge in [-0.05, 0) is 25.1 Å². The van der Waals surface area contributed by atoms with Crippen LogP contribution in [-0.2, 0) is 4.79 Å². The minimum atomic E-state index is -0.630. The molecule has 4 nitrogen and oxygen atoms in total. The van der Waals surface area contributed by atoms with Gasteiger partial charge in [0.05, 0.1) is 0 Å². The summed E-state index contributed by atoms with van der Waals surface area (Å²) in [5, 5.41) is 12.7. The lowest BCUT2D eigenvalue weighted by atomic mass is 9.96. The van der Waals surface area contributed by atoms with Gasteiger partial charge in [0.1, 0.15) is 5.54 Å². The van der Waals surface area contributed by atoms with Gasteiger partial charge in [0, 0.05) is 25.4 Å². The van der Waals surface area contributed by atoms with Crippen LogP contribution in [0.2, 0.25) is 0 Å². The maximum Gasteiger partial charge on any atom is 0.325 e. The molecule has 0 aromatic rings. The molecular weight excluding hydrogens is 212 g/mol. The van der Waals surface area contributed by atoms with E-state index in [1.807, 2.05) is 0 Å². The van der Waals surface area contributed by atoms with Crippen LogP contribution in [0.4, 0.5) is 0 Å². The molecule has 2 heterocycles. The van der Waals surface area contributed by atoms with Gasteiger partial charge in [0.15, 0.2) is 0 Å². The zero-order chi connectivity index (χ0) is 10.7.